The van der Waals surface area contributed by atoms with E-state index in [2.05, 4.69) is 5.32 Å². The van der Waals surface area contributed by atoms with Crippen molar-refractivity contribution in [3.63, 3.8) is 0 Å². The fourth-order valence-corrected chi connectivity index (χ4v) is 3.20. The molecular weight excluding hydrogens is 214 g/mol. The van der Waals surface area contributed by atoms with E-state index in [1.165, 1.54) is 25.7 Å². The minimum absolute atomic E-state index is 0.0859. The lowest BCUT2D eigenvalue weighted by Gasteiger charge is -2.29. The summed E-state index contributed by atoms with van der Waals surface area (Å²) in [5.74, 6) is 0.529. The Kier molecular flexibility index (Phi) is 4.84. The van der Waals surface area contributed by atoms with Gasteiger partial charge in [-0.15, -0.1) is 0 Å². The summed E-state index contributed by atoms with van der Waals surface area (Å²) in [6.07, 6.45) is 10.8. The van der Waals surface area contributed by atoms with Crippen LogP contribution in [0.15, 0.2) is 0 Å². The van der Waals surface area contributed by atoms with Crippen molar-refractivity contribution in [2.24, 2.45) is 11.8 Å². The molecule has 0 radical (unpaired) electrons. The zero-order valence-electron chi connectivity index (χ0n) is 10.7. The molecule has 0 saturated heterocycles. The smallest absolute Gasteiger partial charge is 0.225 e. The Morgan fingerprint density at radius 3 is 2.06 bits per heavy atom. The normalized spacial score (nSPS) is 25.5. The Hall–Kier alpha value is -0.570. The standard InChI is InChI=1S/C14H25NO2/c16-13(11-7-3-1-4-8-11)15-14(17)12-9-5-2-6-10-12/h11-13,16H,1-10H2,(H,15,17). The third kappa shape index (κ3) is 3.70. The summed E-state index contributed by atoms with van der Waals surface area (Å²) in [6, 6.07) is 0. The zero-order valence-corrected chi connectivity index (χ0v) is 10.7. The molecule has 0 spiro atoms. The van der Waals surface area contributed by atoms with Gasteiger partial charge >= 0.3 is 0 Å². The molecule has 0 aromatic heterocycles. The lowest BCUT2D eigenvalue weighted by molar-refractivity contribution is -0.130. The van der Waals surface area contributed by atoms with E-state index >= 15 is 0 Å². The van der Waals surface area contributed by atoms with E-state index < -0.39 is 6.23 Å². The van der Waals surface area contributed by atoms with Crippen LogP contribution in [0, 0.1) is 11.8 Å². The van der Waals surface area contributed by atoms with Gasteiger partial charge in [0, 0.05) is 11.8 Å². The Bertz CT molecular complexity index is 243. The van der Waals surface area contributed by atoms with Gasteiger partial charge in [0.2, 0.25) is 5.91 Å². The molecule has 2 fully saturated rings. The first-order valence-corrected chi connectivity index (χ1v) is 7.26. The molecule has 17 heavy (non-hydrogen) atoms. The molecule has 1 unspecified atom stereocenters. The van der Waals surface area contributed by atoms with Crippen molar-refractivity contribution in [1.29, 1.82) is 0 Å². The molecule has 1 amide bonds. The van der Waals surface area contributed by atoms with Gasteiger partial charge in [0.1, 0.15) is 6.23 Å². The van der Waals surface area contributed by atoms with Crippen LogP contribution in [0.4, 0.5) is 0 Å². The number of carbonyl (C=O) groups excluding carboxylic acids is 1. The van der Waals surface area contributed by atoms with E-state index in [4.69, 9.17) is 0 Å². The molecule has 2 N–H and O–H groups in total. The molecule has 0 aromatic carbocycles. The second-order valence-electron chi connectivity index (χ2n) is 5.69. The maximum Gasteiger partial charge on any atom is 0.225 e. The van der Waals surface area contributed by atoms with Crippen LogP contribution in [-0.2, 0) is 4.79 Å². The largest absolute Gasteiger partial charge is 0.373 e. The van der Waals surface area contributed by atoms with Gasteiger partial charge in [0.25, 0.3) is 0 Å². The SMILES string of the molecule is O=C(NC(O)C1CCCCC1)C1CCCCC1. The fraction of sp³-hybridized carbons (Fsp3) is 0.929. The molecule has 1 atom stereocenters. The predicted molar refractivity (Wildman–Crippen MR) is 67.3 cm³/mol. The first-order valence-electron chi connectivity index (χ1n) is 7.26. The maximum absolute atomic E-state index is 12.0. The highest BCUT2D eigenvalue weighted by atomic mass is 16.3. The molecule has 0 bridgehead atoms. The van der Waals surface area contributed by atoms with Crippen LogP contribution in [0.25, 0.3) is 0 Å². The molecule has 3 nitrogen and oxygen atoms in total. The molecule has 0 aromatic rings. The van der Waals surface area contributed by atoms with Gasteiger partial charge in [-0.3, -0.25) is 4.79 Å². The topological polar surface area (TPSA) is 49.3 Å². The van der Waals surface area contributed by atoms with E-state index in [1.54, 1.807) is 0 Å². The predicted octanol–water partition coefficient (Wildman–Crippen LogP) is 2.58. The quantitative estimate of drug-likeness (QED) is 0.744. The van der Waals surface area contributed by atoms with E-state index in [0.717, 1.165) is 38.5 Å². The molecule has 3 heteroatoms. The zero-order chi connectivity index (χ0) is 12.1. The van der Waals surface area contributed by atoms with Crippen LogP contribution >= 0.6 is 0 Å². The molecule has 98 valence electrons. The number of nitrogens with one attached hydrogen (secondary N) is 1. The van der Waals surface area contributed by atoms with Crippen LogP contribution in [0.3, 0.4) is 0 Å². The number of aliphatic hydroxyl groups is 1. The monoisotopic (exact) mass is 239 g/mol. The first-order chi connectivity index (χ1) is 8.27. The highest BCUT2D eigenvalue weighted by Crippen LogP contribution is 2.27. The van der Waals surface area contributed by atoms with Gasteiger partial charge in [0.15, 0.2) is 0 Å². The number of hydrogen-bond acceptors (Lipinski definition) is 2. The molecule has 0 aliphatic heterocycles. The summed E-state index contributed by atoms with van der Waals surface area (Å²) in [7, 11) is 0. The number of rotatable bonds is 3. The lowest BCUT2D eigenvalue weighted by atomic mass is 9.86. The van der Waals surface area contributed by atoms with Crippen LogP contribution in [-0.4, -0.2) is 17.2 Å². The Balaban J connectivity index is 1.76. The molecule has 0 heterocycles. The van der Waals surface area contributed by atoms with E-state index in [-0.39, 0.29) is 17.7 Å². The Morgan fingerprint density at radius 2 is 1.47 bits per heavy atom. The summed E-state index contributed by atoms with van der Waals surface area (Å²) in [5.41, 5.74) is 0. The minimum Gasteiger partial charge on any atom is -0.373 e. The van der Waals surface area contributed by atoms with Gasteiger partial charge in [-0.2, -0.15) is 0 Å². The average Bonchev–Trinajstić information content (AvgIpc) is 2.40. The van der Waals surface area contributed by atoms with E-state index in [9.17, 15) is 9.90 Å². The second kappa shape index (κ2) is 6.39. The van der Waals surface area contributed by atoms with Crippen molar-refractivity contribution < 1.29 is 9.90 Å². The summed E-state index contributed by atoms with van der Waals surface area (Å²) in [4.78, 5) is 12.0. The number of aliphatic hydroxyl groups excluding tert-OH is 1. The van der Waals surface area contributed by atoms with Crippen molar-refractivity contribution in [2.75, 3.05) is 0 Å². The molecule has 2 rings (SSSR count). The maximum atomic E-state index is 12.0. The van der Waals surface area contributed by atoms with Crippen molar-refractivity contribution in [3.05, 3.63) is 0 Å². The van der Waals surface area contributed by atoms with Crippen LogP contribution in [0.5, 0.6) is 0 Å². The summed E-state index contributed by atoms with van der Waals surface area (Å²) < 4.78 is 0. The minimum atomic E-state index is -0.607. The first kappa shape index (κ1) is 12.9. The van der Waals surface area contributed by atoms with Gasteiger partial charge in [-0.1, -0.05) is 38.5 Å². The third-order valence-electron chi connectivity index (χ3n) is 4.36. The van der Waals surface area contributed by atoms with Crippen LogP contribution in [0.2, 0.25) is 0 Å². The van der Waals surface area contributed by atoms with E-state index in [0.29, 0.717) is 0 Å². The highest BCUT2D eigenvalue weighted by Gasteiger charge is 2.27. The van der Waals surface area contributed by atoms with Gasteiger partial charge in [-0.25, -0.2) is 0 Å². The fourth-order valence-electron chi connectivity index (χ4n) is 3.20. The second-order valence-corrected chi connectivity index (χ2v) is 5.69. The van der Waals surface area contributed by atoms with Crippen LogP contribution in [0.1, 0.15) is 64.2 Å². The highest BCUT2D eigenvalue weighted by molar-refractivity contribution is 5.78. The lowest BCUT2D eigenvalue weighted by Crippen LogP contribution is -2.44. The average molecular weight is 239 g/mol. The van der Waals surface area contributed by atoms with Crippen molar-refractivity contribution in [1.82, 2.24) is 5.32 Å². The Morgan fingerprint density at radius 1 is 0.941 bits per heavy atom. The number of amides is 1. The number of carbonyl (C=O) groups is 1. The Labute approximate surface area is 104 Å². The molecular formula is C14H25NO2. The van der Waals surface area contributed by atoms with Crippen molar-refractivity contribution >= 4 is 5.91 Å². The summed E-state index contributed by atoms with van der Waals surface area (Å²) >= 11 is 0. The molecule has 2 saturated carbocycles. The third-order valence-corrected chi connectivity index (χ3v) is 4.36. The van der Waals surface area contributed by atoms with Crippen molar-refractivity contribution in [2.45, 2.75) is 70.4 Å². The molecule has 2 aliphatic carbocycles. The van der Waals surface area contributed by atoms with Gasteiger partial charge in [0.05, 0.1) is 0 Å². The summed E-state index contributed by atoms with van der Waals surface area (Å²) in [5, 5.41) is 12.9. The molecule has 2 aliphatic rings. The summed E-state index contributed by atoms with van der Waals surface area (Å²) in [6.45, 7) is 0. The van der Waals surface area contributed by atoms with Gasteiger partial charge in [-0.05, 0) is 25.7 Å². The van der Waals surface area contributed by atoms with Crippen molar-refractivity contribution in [3.8, 4) is 0 Å². The van der Waals surface area contributed by atoms with E-state index in [1.807, 2.05) is 0 Å². The number of hydrogen-bond donors (Lipinski definition) is 2. The van der Waals surface area contributed by atoms with Gasteiger partial charge < -0.3 is 10.4 Å². The van der Waals surface area contributed by atoms with Crippen LogP contribution < -0.4 is 5.32 Å².